The van der Waals surface area contributed by atoms with E-state index in [-0.39, 0.29) is 17.4 Å². The summed E-state index contributed by atoms with van der Waals surface area (Å²) >= 11 is 5.54. The van der Waals surface area contributed by atoms with E-state index in [4.69, 9.17) is 11.6 Å². The Morgan fingerprint density at radius 2 is 1.95 bits per heavy atom. The largest absolute Gasteiger partial charge is 0.416 e. The van der Waals surface area contributed by atoms with E-state index in [9.17, 15) is 18.0 Å². The number of nitrogens with one attached hydrogen (secondary N) is 1. The molecule has 0 spiro atoms. The Morgan fingerprint density at radius 3 is 2.57 bits per heavy atom. The normalized spacial score (nSPS) is 11.2. The lowest BCUT2D eigenvalue weighted by Crippen LogP contribution is -2.24. The van der Waals surface area contributed by atoms with Crippen molar-refractivity contribution in [3.8, 4) is 0 Å². The monoisotopic (exact) mass is 315 g/mol. The fourth-order valence-corrected chi connectivity index (χ4v) is 1.67. The number of amides is 1. The van der Waals surface area contributed by atoms with E-state index in [1.54, 1.807) is 0 Å². The summed E-state index contributed by atoms with van der Waals surface area (Å²) in [7, 11) is 0. The summed E-state index contributed by atoms with van der Waals surface area (Å²) in [5, 5.41) is 9.69. The van der Waals surface area contributed by atoms with Crippen LogP contribution >= 0.6 is 11.6 Å². The number of alkyl halides is 3. The first-order valence-corrected chi connectivity index (χ1v) is 6.17. The van der Waals surface area contributed by atoms with Crippen LogP contribution in [0.1, 0.15) is 21.6 Å². The molecule has 1 N–H and O–H groups in total. The van der Waals surface area contributed by atoms with E-state index in [0.29, 0.717) is 5.56 Å². The van der Waals surface area contributed by atoms with Gasteiger partial charge in [-0.3, -0.25) is 4.79 Å². The summed E-state index contributed by atoms with van der Waals surface area (Å²) in [4.78, 5) is 11.7. The molecular weight excluding hydrogens is 307 g/mol. The molecule has 0 saturated carbocycles. The summed E-state index contributed by atoms with van der Waals surface area (Å²) < 4.78 is 37.7. The van der Waals surface area contributed by atoms with E-state index in [1.807, 2.05) is 0 Å². The Labute approximate surface area is 123 Å². The molecule has 0 fully saturated rings. The zero-order valence-corrected chi connectivity index (χ0v) is 11.2. The number of halogens is 4. The topological polar surface area (TPSA) is 54.9 Å². The third-order valence-corrected chi connectivity index (χ3v) is 2.77. The maximum atomic E-state index is 12.6. The van der Waals surface area contributed by atoms with Crippen LogP contribution in [-0.2, 0) is 12.7 Å². The van der Waals surface area contributed by atoms with Crippen LogP contribution in [0.4, 0.5) is 13.2 Å². The lowest BCUT2D eigenvalue weighted by molar-refractivity contribution is -0.137. The molecule has 2 aromatic rings. The molecule has 0 bridgehead atoms. The Kier molecular flexibility index (Phi) is 4.42. The highest BCUT2D eigenvalue weighted by Crippen LogP contribution is 2.29. The van der Waals surface area contributed by atoms with Crippen LogP contribution in [0.2, 0.25) is 5.15 Å². The van der Waals surface area contributed by atoms with Crippen LogP contribution in [0.25, 0.3) is 0 Å². The van der Waals surface area contributed by atoms with Crippen LogP contribution < -0.4 is 5.32 Å². The van der Waals surface area contributed by atoms with Gasteiger partial charge in [-0.05, 0) is 29.8 Å². The van der Waals surface area contributed by atoms with Gasteiger partial charge in [-0.25, -0.2) is 0 Å². The highest BCUT2D eigenvalue weighted by atomic mass is 35.5. The Hall–Kier alpha value is -2.15. The van der Waals surface area contributed by atoms with Crippen molar-refractivity contribution in [3.63, 3.8) is 0 Å². The number of nitrogens with zero attached hydrogens (tertiary/aromatic N) is 2. The molecule has 1 aromatic heterocycles. The third kappa shape index (κ3) is 4.16. The average molecular weight is 316 g/mol. The summed E-state index contributed by atoms with van der Waals surface area (Å²) in [6.45, 7) is -0.0486. The second kappa shape index (κ2) is 6.09. The van der Waals surface area contributed by atoms with Gasteiger partial charge >= 0.3 is 6.18 Å². The number of aromatic nitrogens is 2. The second-order valence-electron chi connectivity index (χ2n) is 4.12. The van der Waals surface area contributed by atoms with Gasteiger partial charge in [-0.15, -0.1) is 10.2 Å². The Morgan fingerprint density at radius 1 is 1.19 bits per heavy atom. The van der Waals surface area contributed by atoms with Crippen molar-refractivity contribution >= 4 is 17.5 Å². The van der Waals surface area contributed by atoms with Gasteiger partial charge in [-0.2, -0.15) is 13.2 Å². The van der Waals surface area contributed by atoms with Crippen molar-refractivity contribution in [2.24, 2.45) is 0 Å². The number of hydrogen-bond acceptors (Lipinski definition) is 3. The zero-order valence-electron chi connectivity index (χ0n) is 10.5. The molecule has 1 amide bonds. The summed E-state index contributed by atoms with van der Waals surface area (Å²) in [5.74, 6) is -0.545. The van der Waals surface area contributed by atoms with Crippen LogP contribution in [0.15, 0.2) is 36.4 Å². The Balaban J connectivity index is 2.03. The highest BCUT2D eigenvalue weighted by molar-refractivity contribution is 6.29. The van der Waals surface area contributed by atoms with Crippen molar-refractivity contribution < 1.29 is 18.0 Å². The minimum Gasteiger partial charge on any atom is -0.347 e. The molecule has 0 aliphatic carbocycles. The lowest BCUT2D eigenvalue weighted by Gasteiger charge is -2.09. The van der Waals surface area contributed by atoms with E-state index >= 15 is 0 Å². The van der Waals surface area contributed by atoms with E-state index in [2.05, 4.69) is 15.5 Å². The van der Waals surface area contributed by atoms with Gasteiger partial charge in [0.25, 0.3) is 5.91 Å². The molecule has 1 aromatic carbocycles. The van der Waals surface area contributed by atoms with Gasteiger partial charge in [-0.1, -0.05) is 23.7 Å². The van der Waals surface area contributed by atoms with Crippen molar-refractivity contribution in [3.05, 3.63) is 58.4 Å². The molecule has 0 radical (unpaired) electrons. The summed E-state index contributed by atoms with van der Waals surface area (Å²) in [5.41, 5.74) is -0.396. The standard InChI is InChI=1S/C13H9ClF3N3O/c14-11-5-4-10(19-20-11)12(21)18-7-8-2-1-3-9(6-8)13(15,16)17/h1-6H,7H2,(H,18,21). The Bertz CT molecular complexity index is 644. The molecule has 1 heterocycles. The molecule has 0 unspecified atom stereocenters. The molecule has 0 aliphatic rings. The summed E-state index contributed by atoms with van der Waals surface area (Å²) in [6.07, 6.45) is -4.42. The molecule has 21 heavy (non-hydrogen) atoms. The smallest absolute Gasteiger partial charge is 0.347 e. The van der Waals surface area contributed by atoms with Crippen LogP contribution in [0, 0.1) is 0 Å². The van der Waals surface area contributed by atoms with Crippen molar-refractivity contribution in [1.82, 2.24) is 15.5 Å². The molecular formula is C13H9ClF3N3O. The number of benzene rings is 1. The van der Waals surface area contributed by atoms with Crippen molar-refractivity contribution in [1.29, 1.82) is 0 Å². The number of carbonyl (C=O) groups is 1. The van der Waals surface area contributed by atoms with Crippen molar-refractivity contribution in [2.75, 3.05) is 0 Å². The van der Waals surface area contributed by atoms with Gasteiger partial charge in [0, 0.05) is 6.54 Å². The quantitative estimate of drug-likeness (QED) is 0.947. The SMILES string of the molecule is O=C(NCc1cccc(C(F)(F)F)c1)c1ccc(Cl)nn1. The van der Waals surface area contributed by atoms with Crippen LogP contribution in [-0.4, -0.2) is 16.1 Å². The van der Waals surface area contributed by atoms with E-state index in [1.165, 1.54) is 24.3 Å². The highest BCUT2D eigenvalue weighted by Gasteiger charge is 2.30. The first-order valence-electron chi connectivity index (χ1n) is 5.80. The van der Waals surface area contributed by atoms with Gasteiger partial charge in [0.05, 0.1) is 5.56 Å². The maximum Gasteiger partial charge on any atom is 0.416 e. The minimum atomic E-state index is -4.42. The molecule has 4 nitrogen and oxygen atoms in total. The molecule has 110 valence electrons. The fraction of sp³-hybridized carbons (Fsp3) is 0.154. The predicted octanol–water partition coefficient (Wildman–Crippen LogP) is 3.08. The molecule has 8 heteroatoms. The predicted molar refractivity (Wildman–Crippen MR) is 69.7 cm³/mol. The van der Waals surface area contributed by atoms with Crippen LogP contribution in [0.3, 0.4) is 0 Å². The zero-order chi connectivity index (χ0) is 15.5. The van der Waals surface area contributed by atoms with Gasteiger partial charge in [0.15, 0.2) is 10.8 Å². The second-order valence-corrected chi connectivity index (χ2v) is 4.51. The number of rotatable bonds is 3. The maximum absolute atomic E-state index is 12.6. The van der Waals surface area contributed by atoms with Crippen LogP contribution in [0.5, 0.6) is 0 Å². The van der Waals surface area contributed by atoms with Gasteiger partial charge in [0.2, 0.25) is 0 Å². The minimum absolute atomic E-state index is 0.0337. The van der Waals surface area contributed by atoms with E-state index < -0.39 is 17.6 Å². The molecule has 0 saturated heterocycles. The van der Waals surface area contributed by atoms with Gasteiger partial charge < -0.3 is 5.32 Å². The first kappa shape index (κ1) is 15.2. The fourth-order valence-electron chi connectivity index (χ4n) is 1.57. The molecule has 2 rings (SSSR count). The van der Waals surface area contributed by atoms with E-state index in [0.717, 1.165) is 12.1 Å². The third-order valence-electron chi connectivity index (χ3n) is 2.57. The lowest BCUT2D eigenvalue weighted by atomic mass is 10.1. The van der Waals surface area contributed by atoms with Gasteiger partial charge in [0.1, 0.15) is 0 Å². The van der Waals surface area contributed by atoms with Crippen molar-refractivity contribution in [2.45, 2.75) is 12.7 Å². The first-order chi connectivity index (χ1) is 9.86. The number of carbonyl (C=O) groups excluding carboxylic acids is 1. The summed E-state index contributed by atoms with van der Waals surface area (Å²) in [6, 6.07) is 7.49. The average Bonchev–Trinajstić information content (AvgIpc) is 2.45. The number of hydrogen-bond donors (Lipinski definition) is 1. The molecule has 0 atom stereocenters. The molecule has 0 aliphatic heterocycles.